The monoisotopic (exact) mass is 218 g/mol. The average Bonchev–Trinajstić information content (AvgIpc) is 2.27. The van der Waals surface area contributed by atoms with Gasteiger partial charge in [-0.05, 0) is 19.4 Å². The Morgan fingerprint density at radius 3 is 1.87 bits per heavy atom. The topological polar surface area (TPSA) is 47.7 Å². The fourth-order valence-electron chi connectivity index (χ4n) is 1.49. The van der Waals surface area contributed by atoms with Gasteiger partial charge in [-0.1, -0.05) is 6.92 Å². The predicted octanol–water partition coefficient (Wildman–Crippen LogP) is 0.565. The molecular weight excluding hydrogens is 192 g/mol. The van der Waals surface area contributed by atoms with Gasteiger partial charge in [0.1, 0.15) is 0 Å². The molecule has 0 heterocycles. The fraction of sp³-hybridized carbons (Fsp3) is 1.00. The molecule has 0 fully saturated rings. The molecule has 0 saturated carbocycles. The first kappa shape index (κ1) is 14.8. The maximum Gasteiger partial charge on any atom is 0.0589 e. The van der Waals surface area contributed by atoms with E-state index >= 15 is 0 Å². The molecule has 15 heavy (non-hydrogen) atoms. The molecule has 0 rings (SSSR count). The standard InChI is InChI=1S/C11H26N2O2/c1-10(9-12)11(2)13(5-7-14-3)6-8-15-4/h10-11H,5-9,12H2,1-4H3. The lowest BCUT2D eigenvalue weighted by molar-refractivity contribution is 0.0765. The molecule has 0 aromatic carbocycles. The summed E-state index contributed by atoms with van der Waals surface area (Å²) in [6, 6.07) is 0.472. The van der Waals surface area contributed by atoms with Crippen LogP contribution < -0.4 is 5.73 Å². The van der Waals surface area contributed by atoms with Gasteiger partial charge in [0, 0.05) is 33.4 Å². The van der Waals surface area contributed by atoms with Crippen molar-refractivity contribution in [3.63, 3.8) is 0 Å². The highest BCUT2D eigenvalue weighted by molar-refractivity contribution is 4.73. The van der Waals surface area contributed by atoms with Crippen molar-refractivity contribution in [3.05, 3.63) is 0 Å². The van der Waals surface area contributed by atoms with Crippen molar-refractivity contribution in [1.29, 1.82) is 0 Å². The molecule has 0 amide bonds. The normalized spacial score (nSPS) is 15.6. The number of nitrogens with two attached hydrogens (primary N) is 1. The van der Waals surface area contributed by atoms with E-state index in [0.717, 1.165) is 32.8 Å². The summed E-state index contributed by atoms with van der Waals surface area (Å²) in [7, 11) is 3.46. The molecule has 0 aliphatic rings. The van der Waals surface area contributed by atoms with Gasteiger partial charge < -0.3 is 15.2 Å². The summed E-state index contributed by atoms with van der Waals surface area (Å²) < 4.78 is 10.2. The number of ether oxygens (including phenoxy) is 2. The second kappa shape index (κ2) is 9.09. The largest absolute Gasteiger partial charge is 0.383 e. The molecule has 0 aromatic heterocycles. The zero-order valence-corrected chi connectivity index (χ0v) is 10.5. The van der Waals surface area contributed by atoms with Crippen LogP contribution in [0.15, 0.2) is 0 Å². The minimum absolute atomic E-state index is 0.472. The van der Waals surface area contributed by atoms with Crippen molar-refractivity contribution in [3.8, 4) is 0 Å². The van der Waals surface area contributed by atoms with Crippen LogP contribution in [0.5, 0.6) is 0 Å². The van der Waals surface area contributed by atoms with Gasteiger partial charge in [0.25, 0.3) is 0 Å². The number of methoxy groups -OCH3 is 2. The summed E-state index contributed by atoms with van der Waals surface area (Å²) in [5.41, 5.74) is 5.68. The molecule has 0 aliphatic heterocycles. The highest BCUT2D eigenvalue weighted by atomic mass is 16.5. The van der Waals surface area contributed by atoms with Gasteiger partial charge >= 0.3 is 0 Å². The maximum atomic E-state index is 5.68. The first-order valence-electron chi connectivity index (χ1n) is 5.59. The van der Waals surface area contributed by atoms with Crippen molar-refractivity contribution in [2.45, 2.75) is 19.9 Å². The van der Waals surface area contributed by atoms with E-state index in [1.54, 1.807) is 14.2 Å². The third-order valence-electron chi connectivity index (χ3n) is 2.94. The Kier molecular flexibility index (Phi) is 9.00. The minimum atomic E-state index is 0.472. The van der Waals surface area contributed by atoms with E-state index in [1.807, 2.05) is 0 Å². The molecule has 0 spiro atoms. The summed E-state index contributed by atoms with van der Waals surface area (Å²) in [5.74, 6) is 0.499. The van der Waals surface area contributed by atoms with Crippen LogP contribution in [0.1, 0.15) is 13.8 Å². The predicted molar refractivity (Wildman–Crippen MR) is 63.0 cm³/mol. The number of hydrogen-bond acceptors (Lipinski definition) is 4. The molecule has 92 valence electrons. The number of hydrogen-bond donors (Lipinski definition) is 1. The van der Waals surface area contributed by atoms with Crippen LogP contribution in [0.3, 0.4) is 0 Å². The highest BCUT2D eigenvalue weighted by Gasteiger charge is 2.18. The Hall–Kier alpha value is -0.160. The molecule has 0 saturated heterocycles. The van der Waals surface area contributed by atoms with Crippen LogP contribution >= 0.6 is 0 Å². The molecule has 0 radical (unpaired) electrons. The van der Waals surface area contributed by atoms with Crippen LogP contribution in [0, 0.1) is 5.92 Å². The Morgan fingerprint density at radius 1 is 1.07 bits per heavy atom. The van der Waals surface area contributed by atoms with Crippen molar-refractivity contribution < 1.29 is 9.47 Å². The van der Waals surface area contributed by atoms with Crippen molar-refractivity contribution in [2.24, 2.45) is 11.7 Å². The molecule has 2 N–H and O–H groups in total. The highest BCUT2D eigenvalue weighted by Crippen LogP contribution is 2.09. The van der Waals surface area contributed by atoms with Crippen molar-refractivity contribution in [2.75, 3.05) is 47.1 Å². The number of rotatable bonds is 9. The van der Waals surface area contributed by atoms with Gasteiger partial charge in [-0.25, -0.2) is 0 Å². The maximum absolute atomic E-state index is 5.68. The zero-order valence-electron chi connectivity index (χ0n) is 10.5. The number of nitrogens with zero attached hydrogens (tertiary/aromatic N) is 1. The van der Waals surface area contributed by atoms with Gasteiger partial charge in [0.15, 0.2) is 0 Å². The lowest BCUT2D eigenvalue weighted by Gasteiger charge is -2.32. The molecule has 4 heteroatoms. The van der Waals surface area contributed by atoms with Gasteiger partial charge in [0.05, 0.1) is 13.2 Å². The molecule has 0 aromatic rings. The Labute approximate surface area is 93.7 Å². The smallest absolute Gasteiger partial charge is 0.0589 e. The van der Waals surface area contributed by atoms with Gasteiger partial charge in [0.2, 0.25) is 0 Å². The quantitative estimate of drug-likeness (QED) is 0.614. The van der Waals surface area contributed by atoms with Crippen LogP contribution in [0.25, 0.3) is 0 Å². The van der Waals surface area contributed by atoms with E-state index in [2.05, 4.69) is 18.7 Å². The van der Waals surface area contributed by atoms with Crippen LogP contribution in [-0.2, 0) is 9.47 Å². The van der Waals surface area contributed by atoms with Crippen molar-refractivity contribution >= 4 is 0 Å². The zero-order chi connectivity index (χ0) is 11.7. The molecule has 0 aliphatic carbocycles. The lowest BCUT2D eigenvalue weighted by atomic mass is 10.0. The molecular formula is C11H26N2O2. The van der Waals surface area contributed by atoms with Crippen molar-refractivity contribution in [1.82, 2.24) is 4.90 Å². The second-order valence-electron chi connectivity index (χ2n) is 3.98. The first-order valence-corrected chi connectivity index (χ1v) is 5.59. The second-order valence-corrected chi connectivity index (χ2v) is 3.98. The Bertz CT molecular complexity index is 137. The third kappa shape index (κ3) is 6.10. The van der Waals surface area contributed by atoms with Gasteiger partial charge in [-0.3, -0.25) is 4.90 Å². The van der Waals surface area contributed by atoms with Gasteiger partial charge in [-0.2, -0.15) is 0 Å². The summed E-state index contributed by atoms with van der Waals surface area (Å²) in [6.07, 6.45) is 0. The average molecular weight is 218 g/mol. The fourth-order valence-corrected chi connectivity index (χ4v) is 1.49. The summed E-state index contributed by atoms with van der Waals surface area (Å²) >= 11 is 0. The van der Waals surface area contributed by atoms with E-state index in [4.69, 9.17) is 15.2 Å². The molecule has 4 nitrogen and oxygen atoms in total. The minimum Gasteiger partial charge on any atom is -0.383 e. The van der Waals surface area contributed by atoms with Crippen LogP contribution in [0.2, 0.25) is 0 Å². The van der Waals surface area contributed by atoms with E-state index in [-0.39, 0.29) is 0 Å². The van der Waals surface area contributed by atoms with E-state index in [9.17, 15) is 0 Å². The van der Waals surface area contributed by atoms with Crippen LogP contribution in [-0.4, -0.2) is 58.0 Å². The SMILES string of the molecule is COCCN(CCOC)C(C)C(C)CN. The van der Waals surface area contributed by atoms with E-state index < -0.39 is 0 Å². The Balaban J connectivity index is 4.06. The summed E-state index contributed by atoms with van der Waals surface area (Å²) in [6.45, 7) is 8.49. The summed E-state index contributed by atoms with van der Waals surface area (Å²) in [5, 5.41) is 0. The van der Waals surface area contributed by atoms with Crippen LogP contribution in [0.4, 0.5) is 0 Å². The molecule has 2 unspecified atom stereocenters. The first-order chi connectivity index (χ1) is 7.17. The lowest BCUT2D eigenvalue weighted by Crippen LogP contribution is -2.43. The van der Waals surface area contributed by atoms with E-state index in [1.165, 1.54) is 0 Å². The molecule has 0 bridgehead atoms. The van der Waals surface area contributed by atoms with Gasteiger partial charge in [-0.15, -0.1) is 0 Å². The third-order valence-corrected chi connectivity index (χ3v) is 2.94. The Morgan fingerprint density at radius 2 is 1.53 bits per heavy atom. The molecule has 2 atom stereocenters. The summed E-state index contributed by atoms with van der Waals surface area (Å²) in [4.78, 5) is 2.37. The van der Waals surface area contributed by atoms with E-state index in [0.29, 0.717) is 12.0 Å².